The lowest BCUT2D eigenvalue weighted by atomic mass is 10.1. The van der Waals surface area contributed by atoms with Gasteiger partial charge in [-0.05, 0) is 42.3 Å². The van der Waals surface area contributed by atoms with E-state index >= 15 is 0 Å². The van der Waals surface area contributed by atoms with Crippen LogP contribution in [-0.4, -0.2) is 43.0 Å². The highest BCUT2D eigenvalue weighted by atomic mass is 32.2. The van der Waals surface area contributed by atoms with Crippen molar-refractivity contribution in [2.24, 2.45) is 0 Å². The third kappa shape index (κ3) is 3.06. The first-order valence-corrected chi connectivity index (χ1v) is 10.2. The molecule has 2 aromatic rings. The molecule has 1 aliphatic heterocycles. The number of sulfonamides is 1. The minimum Gasteiger partial charge on any atom is -0.423 e. The lowest BCUT2D eigenvalue weighted by molar-refractivity contribution is -0.742. The molecule has 0 spiro atoms. The second-order valence-electron chi connectivity index (χ2n) is 6.78. The number of carbonyl (C=O) groups excluding carboxylic acids is 1. The van der Waals surface area contributed by atoms with Gasteiger partial charge >= 0.3 is 16.1 Å². The molecular formula is C19H21N2O6S+. The Hall–Kier alpha value is -2.78. The van der Waals surface area contributed by atoms with Crippen LogP contribution in [0.3, 0.4) is 0 Å². The second-order valence-corrected chi connectivity index (χ2v) is 8.86. The van der Waals surface area contributed by atoms with Gasteiger partial charge in [0, 0.05) is 25.0 Å². The van der Waals surface area contributed by atoms with Crippen LogP contribution in [0, 0.1) is 10.1 Å². The number of ether oxygens (including phenoxy) is 1. The second kappa shape index (κ2) is 7.33. The third-order valence-corrected chi connectivity index (χ3v) is 7.72. The maximum absolute atomic E-state index is 13.3. The van der Waals surface area contributed by atoms with Crippen molar-refractivity contribution in [3.8, 4) is 11.1 Å². The zero-order chi connectivity index (χ0) is 20.5. The van der Waals surface area contributed by atoms with Gasteiger partial charge in [-0.3, -0.25) is 10.1 Å². The number of likely N-dealkylation sites (tertiary alicyclic amines) is 1. The molecule has 3 rings (SSSR count). The van der Waals surface area contributed by atoms with Gasteiger partial charge in [-0.1, -0.05) is 12.1 Å². The molecule has 28 heavy (non-hydrogen) atoms. The number of carbonyl (C=O) groups is 1. The molecular weight excluding hydrogens is 384 g/mol. The predicted octanol–water partition coefficient (Wildman–Crippen LogP) is 3.72. The van der Waals surface area contributed by atoms with E-state index in [-0.39, 0.29) is 17.1 Å². The van der Waals surface area contributed by atoms with E-state index in [1.165, 1.54) is 31.4 Å². The van der Waals surface area contributed by atoms with E-state index in [0.717, 1.165) is 5.56 Å². The maximum atomic E-state index is 13.3. The van der Waals surface area contributed by atoms with Crippen molar-refractivity contribution in [1.29, 1.82) is 0 Å². The van der Waals surface area contributed by atoms with E-state index in [9.17, 15) is 23.3 Å². The van der Waals surface area contributed by atoms with E-state index in [4.69, 9.17) is 4.74 Å². The van der Waals surface area contributed by atoms with Gasteiger partial charge in [-0.15, -0.1) is 3.89 Å². The Kier molecular flexibility index (Phi) is 5.22. The smallest absolute Gasteiger partial charge is 0.423 e. The summed E-state index contributed by atoms with van der Waals surface area (Å²) in [5, 5.41) is 10.8. The van der Waals surface area contributed by atoms with Crippen molar-refractivity contribution in [2.75, 3.05) is 13.7 Å². The number of nitrogens with zero attached hydrogens (tertiary/aromatic N) is 2. The zero-order valence-electron chi connectivity index (χ0n) is 15.6. The Morgan fingerprint density at radius 1 is 1.11 bits per heavy atom. The Morgan fingerprint density at radius 2 is 1.64 bits per heavy atom. The molecule has 1 saturated heterocycles. The Balaban J connectivity index is 1.98. The number of rotatable bonds is 4. The molecule has 0 aromatic heterocycles. The average Bonchev–Trinajstić information content (AvgIpc) is 3.10. The van der Waals surface area contributed by atoms with E-state index in [2.05, 4.69) is 0 Å². The van der Waals surface area contributed by atoms with Crippen LogP contribution >= 0.6 is 0 Å². The molecule has 148 valence electrons. The quantitative estimate of drug-likeness (QED) is 0.436. The van der Waals surface area contributed by atoms with Crippen molar-refractivity contribution < 1.29 is 26.8 Å². The number of hydrogen-bond acceptors (Lipinski definition) is 6. The largest absolute Gasteiger partial charge is 0.531 e. The molecule has 9 heteroatoms. The highest BCUT2D eigenvalue weighted by Crippen LogP contribution is 2.37. The molecule has 1 heterocycles. The SMILES string of the molecule is COC(=O)[N+]1(S(=O)(=O)c2ccc(-c3ccc([N+](=O)[O-])cc3)cc2)CCC[C@H]1C. The number of nitro benzene ring substituents is 1. The third-order valence-electron chi connectivity index (χ3n) is 5.30. The highest BCUT2D eigenvalue weighted by molar-refractivity contribution is 7.86. The van der Waals surface area contributed by atoms with Gasteiger partial charge in [-0.2, -0.15) is 13.2 Å². The summed E-state index contributed by atoms with van der Waals surface area (Å²) in [6.07, 6.45) is 0.468. The molecule has 8 nitrogen and oxygen atoms in total. The fourth-order valence-corrected chi connectivity index (χ4v) is 5.79. The fourth-order valence-electron chi connectivity index (χ4n) is 3.71. The molecule has 2 aromatic carbocycles. The zero-order valence-corrected chi connectivity index (χ0v) is 16.4. The topological polar surface area (TPSA) is 104 Å². The molecule has 0 bridgehead atoms. The number of methoxy groups -OCH3 is 1. The summed E-state index contributed by atoms with van der Waals surface area (Å²) in [5.74, 6) is 0. The molecule has 0 aliphatic carbocycles. The summed E-state index contributed by atoms with van der Waals surface area (Å²) in [7, 11) is -2.81. The number of hydrogen-bond donors (Lipinski definition) is 0. The number of benzene rings is 2. The normalized spacial score (nSPS) is 22.0. The number of quaternary nitrogens is 1. The van der Waals surface area contributed by atoms with Gasteiger partial charge in [0.15, 0.2) is 0 Å². The molecule has 1 fully saturated rings. The van der Waals surface area contributed by atoms with Gasteiger partial charge in [-0.25, -0.2) is 0 Å². The van der Waals surface area contributed by atoms with Crippen LogP contribution in [0.1, 0.15) is 19.8 Å². The van der Waals surface area contributed by atoms with Crippen LogP contribution in [0.5, 0.6) is 0 Å². The Morgan fingerprint density at radius 3 is 2.07 bits per heavy atom. The summed E-state index contributed by atoms with van der Waals surface area (Å²) in [4.78, 5) is 22.8. The van der Waals surface area contributed by atoms with Crippen molar-refractivity contribution in [1.82, 2.24) is 0 Å². The minimum atomic E-state index is -4.00. The molecule has 2 atom stereocenters. The molecule has 0 radical (unpaired) electrons. The summed E-state index contributed by atoms with van der Waals surface area (Å²) in [6, 6.07) is 11.8. The Bertz CT molecular complexity index is 1000. The first kappa shape index (κ1) is 20.0. The number of amides is 1. The van der Waals surface area contributed by atoms with Crippen LogP contribution in [0.25, 0.3) is 11.1 Å². The van der Waals surface area contributed by atoms with E-state index < -0.39 is 31.0 Å². The standard InChI is InChI=1S/C19H21N2O6S/c1-14-4-3-13-21(14,19(22)27-2)28(25,26)18-11-7-16(8-12-18)15-5-9-17(10-6-15)20(23)24/h5-12,14H,3-4,13H2,1-2H3/q+1/t14-,21?/m1/s1. The predicted molar refractivity (Wildman–Crippen MR) is 102 cm³/mol. The number of non-ortho nitro benzene ring substituents is 1. The van der Waals surface area contributed by atoms with Crippen LogP contribution in [-0.2, 0) is 14.8 Å². The molecule has 0 N–H and O–H groups in total. The maximum Gasteiger partial charge on any atom is 0.531 e. The van der Waals surface area contributed by atoms with Crippen molar-refractivity contribution >= 4 is 21.8 Å². The minimum absolute atomic E-state index is 0.0181. The van der Waals surface area contributed by atoms with Crippen molar-refractivity contribution in [3.63, 3.8) is 0 Å². The van der Waals surface area contributed by atoms with Crippen LogP contribution in [0.2, 0.25) is 0 Å². The van der Waals surface area contributed by atoms with Crippen LogP contribution in [0.4, 0.5) is 10.5 Å². The summed E-state index contributed by atoms with van der Waals surface area (Å²) in [6.45, 7) is 1.92. The van der Waals surface area contributed by atoms with E-state index in [1.54, 1.807) is 31.2 Å². The fraction of sp³-hybridized carbons (Fsp3) is 0.316. The van der Waals surface area contributed by atoms with Gasteiger partial charge in [0.05, 0.1) is 12.0 Å². The average molecular weight is 405 g/mol. The van der Waals surface area contributed by atoms with Crippen LogP contribution in [0.15, 0.2) is 53.4 Å². The summed E-state index contributed by atoms with van der Waals surface area (Å²) < 4.78 is 30.8. The summed E-state index contributed by atoms with van der Waals surface area (Å²) >= 11 is 0. The van der Waals surface area contributed by atoms with Crippen LogP contribution < -0.4 is 0 Å². The van der Waals surface area contributed by atoms with Crippen molar-refractivity contribution in [2.45, 2.75) is 30.7 Å². The molecule has 1 aliphatic rings. The van der Waals surface area contributed by atoms with Crippen molar-refractivity contribution in [3.05, 3.63) is 58.6 Å². The van der Waals surface area contributed by atoms with Gasteiger partial charge < -0.3 is 4.74 Å². The molecule has 0 saturated carbocycles. The first-order valence-electron chi connectivity index (χ1n) is 8.80. The monoisotopic (exact) mass is 405 g/mol. The van der Waals surface area contributed by atoms with Gasteiger partial charge in [0.25, 0.3) is 5.69 Å². The first-order chi connectivity index (χ1) is 13.2. The van der Waals surface area contributed by atoms with Gasteiger partial charge in [0.1, 0.15) is 17.5 Å². The van der Waals surface area contributed by atoms with E-state index in [0.29, 0.717) is 18.4 Å². The summed E-state index contributed by atoms with van der Waals surface area (Å²) in [5.41, 5.74) is 1.42. The van der Waals surface area contributed by atoms with Gasteiger partial charge in [0.2, 0.25) is 0 Å². The lowest BCUT2D eigenvalue weighted by Gasteiger charge is -2.32. The lowest BCUT2D eigenvalue weighted by Crippen LogP contribution is -2.58. The number of nitro groups is 1. The highest BCUT2D eigenvalue weighted by Gasteiger charge is 2.58. The Labute approximate surface area is 163 Å². The van der Waals surface area contributed by atoms with E-state index in [1.807, 2.05) is 0 Å². The molecule has 1 unspecified atom stereocenters. The molecule has 1 amide bonds.